The van der Waals surface area contributed by atoms with Crippen molar-refractivity contribution in [3.63, 3.8) is 0 Å². The van der Waals surface area contributed by atoms with Crippen LogP contribution < -0.4 is 20.1 Å². The lowest BCUT2D eigenvalue weighted by Gasteiger charge is -2.38. The van der Waals surface area contributed by atoms with Crippen molar-refractivity contribution in [1.29, 1.82) is 0 Å². The van der Waals surface area contributed by atoms with Gasteiger partial charge in [0.15, 0.2) is 6.61 Å². The quantitative estimate of drug-likeness (QED) is 0.349. The van der Waals surface area contributed by atoms with E-state index in [1.807, 2.05) is 36.4 Å². The van der Waals surface area contributed by atoms with Crippen LogP contribution in [0, 0.1) is 13.8 Å². The maximum Gasteiger partial charge on any atom is 0.259 e. The molecule has 0 aliphatic carbocycles. The lowest BCUT2D eigenvalue weighted by Crippen LogP contribution is -2.58. The van der Waals surface area contributed by atoms with E-state index in [1.54, 1.807) is 43.1 Å². The maximum absolute atomic E-state index is 13.6. The third-order valence-electron chi connectivity index (χ3n) is 7.64. The normalized spacial score (nSPS) is 18.9. The molecule has 3 amide bonds. The van der Waals surface area contributed by atoms with E-state index in [0.29, 0.717) is 59.2 Å². The number of nitrogens with one attached hydrogen (secondary N) is 2. The Hall–Kier alpha value is -5.19. The van der Waals surface area contributed by atoms with Crippen molar-refractivity contribution in [3.8, 4) is 22.6 Å². The van der Waals surface area contributed by atoms with Gasteiger partial charge in [-0.05, 0) is 55.3 Å². The molecule has 2 aromatic carbocycles. The number of fused-ring (bicyclic) bond motifs is 7. The molecule has 43 heavy (non-hydrogen) atoms. The molecule has 2 atom stereocenters. The fourth-order valence-corrected chi connectivity index (χ4v) is 5.34. The summed E-state index contributed by atoms with van der Waals surface area (Å²) >= 11 is 0. The Labute approximate surface area is 248 Å². The number of amides is 3. The van der Waals surface area contributed by atoms with Crippen LogP contribution in [0.1, 0.15) is 44.2 Å². The summed E-state index contributed by atoms with van der Waals surface area (Å²) in [6, 6.07) is 15.9. The maximum atomic E-state index is 13.6. The van der Waals surface area contributed by atoms with Crippen LogP contribution in [-0.4, -0.2) is 64.6 Å². The summed E-state index contributed by atoms with van der Waals surface area (Å²) in [5, 5.41) is 9.90. The summed E-state index contributed by atoms with van der Waals surface area (Å²) in [6.45, 7) is 4.31. The zero-order valence-electron chi connectivity index (χ0n) is 23.8. The molecule has 11 heteroatoms. The summed E-state index contributed by atoms with van der Waals surface area (Å²) < 4.78 is 17.3. The molecule has 7 rings (SSSR count). The summed E-state index contributed by atoms with van der Waals surface area (Å²) in [4.78, 5) is 45.5. The highest BCUT2D eigenvalue weighted by Gasteiger charge is 2.36. The number of aromatic nitrogens is 2. The number of likely N-dealkylation sites (tertiary alicyclic amines) is 1. The molecule has 0 saturated carbocycles. The molecule has 2 aromatic heterocycles. The van der Waals surface area contributed by atoms with E-state index in [1.165, 1.54) is 6.20 Å². The molecular weight excluding hydrogens is 550 g/mol. The SMILES string of the molecule is Cc1noc(C)c1C(=O)N1CC[C@@H]2Oc3ccc(cc3)CNC(=O)COc3cccc(c3)-c3cncc(c3)C(=O)N[C@@H]2C1. The van der Waals surface area contributed by atoms with Gasteiger partial charge in [-0.3, -0.25) is 19.4 Å². The first-order chi connectivity index (χ1) is 20.8. The molecule has 0 spiro atoms. The van der Waals surface area contributed by atoms with Gasteiger partial charge in [0, 0.05) is 44.0 Å². The second-order valence-electron chi connectivity index (χ2n) is 10.7. The molecule has 11 nitrogen and oxygen atoms in total. The number of pyridine rings is 1. The minimum Gasteiger partial charge on any atom is -0.488 e. The summed E-state index contributed by atoms with van der Waals surface area (Å²) in [6.07, 6.45) is 3.25. The van der Waals surface area contributed by atoms with Crippen LogP contribution in [0.3, 0.4) is 0 Å². The number of aryl methyl sites for hydroxylation is 2. The molecule has 1 saturated heterocycles. The predicted molar refractivity (Wildman–Crippen MR) is 156 cm³/mol. The minimum absolute atomic E-state index is 0.135. The van der Waals surface area contributed by atoms with Crippen molar-refractivity contribution in [2.24, 2.45) is 0 Å². The van der Waals surface area contributed by atoms with E-state index in [4.69, 9.17) is 14.0 Å². The molecule has 5 heterocycles. The van der Waals surface area contributed by atoms with E-state index in [9.17, 15) is 14.4 Å². The number of rotatable bonds is 1. The van der Waals surface area contributed by atoms with Crippen molar-refractivity contribution < 1.29 is 28.4 Å². The van der Waals surface area contributed by atoms with Gasteiger partial charge in [-0.15, -0.1) is 0 Å². The number of nitrogens with zero attached hydrogens (tertiary/aromatic N) is 3. The molecule has 0 radical (unpaired) electrons. The van der Waals surface area contributed by atoms with Gasteiger partial charge in [-0.1, -0.05) is 29.4 Å². The van der Waals surface area contributed by atoms with Gasteiger partial charge < -0.3 is 29.5 Å². The standard InChI is InChI=1S/C32H31N5O6/c1-19-30(20(2)43-36-19)32(40)37-11-10-28-27(17-37)35-31(39)24-12-23(15-33-16-24)22-4-3-5-26(13-22)41-18-29(38)34-14-21-6-8-25(42-28)9-7-21/h3-9,12-13,15-16,27-28H,10-11,14,17-18H2,1-2H3,(H,34,38)(H,35,39)/t27-,28+/m1/s1. The van der Waals surface area contributed by atoms with Crippen LogP contribution in [0.15, 0.2) is 71.5 Å². The van der Waals surface area contributed by atoms with Gasteiger partial charge >= 0.3 is 0 Å². The van der Waals surface area contributed by atoms with E-state index < -0.39 is 12.1 Å². The predicted octanol–water partition coefficient (Wildman–Crippen LogP) is 3.45. The molecule has 220 valence electrons. The number of carbonyl (C=O) groups is 3. The van der Waals surface area contributed by atoms with Gasteiger partial charge in [-0.25, -0.2) is 0 Å². The highest BCUT2D eigenvalue weighted by atomic mass is 16.5. The molecule has 3 aliphatic rings. The first-order valence-corrected chi connectivity index (χ1v) is 14.1. The number of piperidine rings is 1. The van der Waals surface area contributed by atoms with Gasteiger partial charge in [0.2, 0.25) is 0 Å². The van der Waals surface area contributed by atoms with Gasteiger partial charge in [0.1, 0.15) is 28.9 Å². The van der Waals surface area contributed by atoms with E-state index >= 15 is 0 Å². The molecular formula is C32H31N5O6. The summed E-state index contributed by atoms with van der Waals surface area (Å²) in [5.74, 6) is 0.799. The van der Waals surface area contributed by atoms with Crippen molar-refractivity contribution in [2.75, 3.05) is 19.7 Å². The fraction of sp³-hybridized carbons (Fsp3) is 0.281. The van der Waals surface area contributed by atoms with Crippen molar-refractivity contribution in [3.05, 3.63) is 95.1 Å². The van der Waals surface area contributed by atoms with Crippen LogP contribution in [0.4, 0.5) is 0 Å². The number of carbonyl (C=O) groups excluding carboxylic acids is 3. The minimum atomic E-state index is -0.518. The molecule has 3 aliphatic heterocycles. The van der Waals surface area contributed by atoms with Crippen LogP contribution in [0.25, 0.3) is 11.1 Å². The third-order valence-corrected chi connectivity index (χ3v) is 7.64. The second kappa shape index (κ2) is 12.0. The zero-order valence-corrected chi connectivity index (χ0v) is 23.8. The van der Waals surface area contributed by atoms with Crippen LogP contribution in [0.2, 0.25) is 0 Å². The number of hydrogen-bond acceptors (Lipinski definition) is 8. The van der Waals surface area contributed by atoms with E-state index in [2.05, 4.69) is 20.8 Å². The molecule has 4 aromatic rings. The highest BCUT2D eigenvalue weighted by Crippen LogP contribution is 2.26. The number of hydrogen-bond donors (Lipinski definition) is 2. The number of ether oxygens (including phenoxy) is 2. The Morgan fingerprint density at radius 1 is 0.977 bits per heavy atom. The Morgan fingerprint density at radius 2 is 1.79 bits per heavy atom. The van der Waals surface area contributed by atoms with Crippen molar-refractivity contribution >= 4 is 17.7 Å². The van der Waals surface area contributed by atoms with Crippen molar-refractivity contribution in [1.82, 2.24) is 25.7 Å². The Balaban J connectivity index is 1.32. The second-order valence-corrected chi connectivity index (χ2v) is 10.7. The molecule has 2 N–H and O–H groups in total. The first kappa shape index (κ1) is 28.0. The summed E-state index contributed by atoms with van der Waals surface area (Å²) in [5.41, 5.74) is 3.70. The summed E-state index contributed by atoms with van der Waals surface area (Å²) in [7, 11) is 0. The number of benzene rings is 2. The van der Waals surface area contributed by atoms with Gasteiger partial charge in [0.05, 0.1) is 17.3 Å². The van der Waals surface area contributed by atoms with Gasteiger partial charge in [-0.2, -0.15) is 0 Å². The lowest BCUT2D eigenvalue weighted by atomic mass is 9.99. The Kier molecular flexibility index (Phi) is 7.78. The largest absolute Gasteiger partial charge is 0.488 e. The van der Waals surface area contributed by atoms with Crippen LogP contribution >= 0.6 is 0 Å². The van der Waals surface area contributed by atoms with Gasteiger partial charge in [0.25, 0.3) is 17.7 Å². The fourth-order valence-electron chi connectivity index (χ4n) is 5.34. The topological polar surface area (TPSA) is 136 Å². The zero-order chi connectivity index (χ0) is 29.9. The monoisotopic (exact) mass is 581 g/mol. The van der Waals surface area contributed by atoms with E-state index in [-0.39, 0.29) is 30.9 Å². The van der Waals surface area contributed by atoms with Crippen molar-refractivity contribution in [2.45, 2.75) is 39.0 Å². The average molecular weight is 582 g/mol. The van der Waals surface area contributed by atoms with Crippen LogP contribution in [0.5, 0.6) is 11.5 Å². The third kappa shape index (κ3) is 6.20. The average Bonchev–Trinajstić information content (AvgIpc) is 3.37. The van der Waals surface area contributed by atoms with Crippen LogP contribution in [-0.2, 0) is 11.3 Å². The Bertz CT molecular complexity index is 1650. The Morgan fingerprint density at radius 3 is 2.58 bits per heavy atom. The van der Waals surface area contributed by atoms with E-state index in [0.717, 1.165) is 11.1 Å². The molecule has 0 unspecified atom stereocenters. The molecule has 6 bridgehead atoms. The first-order valence-electron chi connectivity index (χ1n) is 14.1. The smallest absolute Gasteiger partial charge is 0.259 e. The highest BCUT2D eigenvalue weighted by molar-refractivity contribution is 5.97. The molecule has 1 fully saturated rings. The lowest BCUT2D eigenvalue weighted by molar-refractivity contribution is -0.123.